The van der Waals surface area contributed by atoms with Gasteiger partial charge in [0.15, 0.2) is 0 Å². The van der Waals surface area contributed by atoms with Gasteiger partial charge in [-0.15, -0.1) is 0 Å². The van der Waals surface area contributed by atoms with Crippen molar-refractivity contribution in [1.29, 1.82) is 0 Å². The average Bonchev–Trinajstić information content (AvgIpc) is 2.99. The molecule has 0 radical (unpaired) electrons. The van der Waals surface area contributed by atoms with E-state index < -0.39 is 17.1 Å². The van der Waals surface area contributed by atoms with Crippen molar-refractivity contribution in [3.05, 3.63) is 63.5 Å². The molecule has 1 saturated heterocycles. The monoisotopic (exact) mass is 483 g/mol. The van der Waals surface area contributed by atoms with Gasteiger partial charge >= 0.3 is 0 Å². The van der Waals surface area contributed by atoms with Crippen molar-refractivity contribution in [2.75, 3.05) is 23.8 Å². The molecular weight excluding hydrogens is 458 g/mol. The van der Waals surface area contributed by atoms with E-state index in [0.717, 1.165) is 28.6 Å². The van der Waals surface area contributed by atoms with E-state index in [0.29, 0.717) is 21.5 Å². The molecule has 0 bridgehead atoms. The maximum Gasteiger partial charge on any atom is 0.294 e. The highest BCUT2D eigenvalue weighted by Crippen LogP contribution is 2.43. The van der Waals surface area contributed by atoms with Crippen LogP contribution in [0.4, 0.5) is 16.2 Å². The summed E-state index contributed by atoms with van der Waals surface area (Å²) in [6.07, 6.45) is 2.75. The van der Waals surface area contributed by atoms with Crippen molar-refractivity contribution in [2.45, 2.75) is 38.6 Å². The maximum atomic E-state index is 12.9. The Morgan fingerprint density at radius 2 is 2.00 bits per heavy atom. The number of nitrogens with one attached hydrogen (secondary N) is 1. The third kappa shape index (κ3) is 4.80. The molecule has 33 heavy (non-hydrogen) atoms. The SMILES string of the molecule is C[C@@H]1CC(C)(C)N(C)c2ccc(/C=C3\SC(=O)N(CC(=O)Nc4cccc(Cl)c4)C3=O)cc21. The summed E-state index contributed by atoms with van der Waals surface area (Å²) < 4.78 is 0. The van der Waals surface area contributed by atoms with Gasteiger partial charge in [-0.1, -0.05) is 30.7 Å². The molecule has 0 aromatic heterocycles. The van der Waals surface area contributed by atoms with Gasteiger partial charge in [-0.2, -0.15) is 0 Å². The quantitative estimate of drug-likeness (QED) is 0.562. The standard InChI is InChI=1S/C25H26ClN3O3S/c1-15-13-25(2,3)28(4)20-9-8-16(10-19(15)20)11-21-23(31)29(24(32)33-21)14-22(30)27-18-7-5-6-17(26)12-18/h5-12,15H,13-14H2,1-4H3,(H,27,30)/b21-11-/t15-/m1/s1. The Kier molecular flexibility index (Phi) is 6.29. The van der Waals surface area contributed by atoms with Gasteiger partial charge in [-0.25, -0.2) is 0 Å². The van der Waals surface area contributed by atoms with Gasteiger partial charge in [-0.3, -0.25) is 19.3 Å². The van der Waals surface area contributed by atoms with Gasteiger partial charge in [0.2, 0.25) is 5.91 Å². The number of imide groups is 1. The normalized spacial score (nSPS) is 20.9. The van der Waals surface area contributed by atoms with Gasteiger partial charge in [0, 0.05) is 29.0 Å². The Morgan fingerprint density at radius 1 is 1.24 bits per heavy atom. The van der Waals surface area contributed by atoms with E-state index in [1.54, 1.807) is 30.3 Å². The number of fused-ring (bicyclic) bond motifs is 1. The van der Waals surface area contributed by atoms with Crippen LogP contribution in [0.1, 0.15) is 44.2 Å². The Labute approximate surface area is 203 Å². The van der Waals surface area contributed by atoms with E-state index in [1.165, 1.54) is 11.3 Å². The molecule has 2 aromatic carbocycles. The highest BCUT2D eigenvalue weighted by Gasteiger charge is 2.37. The van der Waals surface area contributed by atoms with Crippen LogP contribution in [0.25, 0.3) is 6.08 Å². The minimum atomic E-state index is -0.464. The minimum absolute atomic E-state index is 0.0717. The summed E-state index contributed by atoms with van der Waals surface area (Å²) in [5.41, 5.74) is 3.85. The van der Waals surface area contributed by atoms with E-state index >= 15 is 0 Å². The number of nitrogens with zero attached hydrogens (tertiary/aromatic N) is 2. The molecule has 4 rings (SSSR count). The summed E-state index contributed by atoms with van der Waals surface area (Å²) in [5.74, 6) is -0.547. The maximum absolute atomic E-state index is 12.9. The molecule has 0 unspecified atom stereocenters. The number of hydrogen-bond acceptors (Lipinski definition) is 5. The second-order valence-corrected chi connectivity index (χ2v) is 10.6. The number of anilines is 2. The molecule has 0 spiro atoms. The first-order valence-corrected chi connectivity index (χ1v) is 11.9. The first-order valence-electron chi connectivity index (χ1n) is 10.7. The molecule has 2 heterocycles. The smallest absolute Gasteiger partial charge is 0.294 e. The summed E-state index contributed by atoms with van der Waals surface area (Å²) in [5, 5.41) is 2.69. The van der Waals surface area contributed by atoms with Crippen LogP contribution in [-0.2, 0) is 9.59 Å². The predicted molar refractivity (Wildman–Crippen MR) is 135 cm³/mol. The van der Waals surface area contributed by atoms with Crippen molar-refractivity contribution in [1.82, 2.24) is 4.90 Å². The van der Waals surface area contributed by atoms with E-state index in [9.17, 15) is 14.4 Å². The second kappa shape index (κ2) is 8.88. The molecule has 3 amide bonds. The second-order valence-electron chi connectivity index (χ2n) is 9.12. The molecule has 2 aliphatic heterocycles. The van der Waals surface area contributed by atoms with Crippen LogP contribution >= 0.6 is 23.4 Å². The van der Waals surface area contributed by atoms with Gasteiger partial charge in [-0.05, 0) is 85.5 Å². The van der Waals surface area contributed by atoms with Crippen LogP contribution in [0.2, 0.25) is 5.02 Å². The fraction of sp³-hybridized carbons (Fsp3) is 0.320. The average molecular weight is 484 g/mol. The van der Waals surface area contributed by atoms with Crippen molar-refractivity contribution < 1.29 is 14.4 Å². The van der Waals surface area contributed by atoms with E-state index in [4.69, 9.17) is 11.6 Å². The Bertz CT molecular complexity index is 1180. The lowest BCUT2D eigenvalue weighted by Gasteiger charge is -2.45. The molecule has 1 atom stereocenters. The zero-order chi connectivity index (χ0) is 23.9. The van der Waals surface area contributed by atoms with E-state index in [1.807, 2.05) is 6.07 Å². The Balaban J connectivity index is 1.50. The zero-order valence-corrected chi connectivity index (χ0v) is 20.6. The van der Waals surface area contributed by atoms with E-state index in [-0.39, 0.29) is 12.1 Å². The fourth-order valence-corrected chi connectivity index (χ4v) is 5.41. The van der Waals surface area contributed by atoms with E-state index in [2.05, 4.69) is 50.2 Å². The minimum Gasteiger partial charge on any atom is -0.369 e. The summed E-state index contributed by atoms with van der Waals surface area (Å²) in [6.45, 7) is 6.33. The first kappa shape index (κ1) is 23.4. The lowest BCUT2D eigenvalue weighted by atomic mass is 9.80. The van der Waals surface area contributed by atoms with Crippen molar-refractivity contribution in [2.24, 2.45) is 0 Å². The third-order valence-electron chi connectivity index (χ3n) is 6.24. The fourth-order valence-electron chi connectivity index (χ4n) is 4.38. The van der Waals surface area contributed by atoms with Crippen LogP contribution in [-0.4, -0.2) is 41.1 Å². The number of hydrogen-bond donors (Lipinski definition) is 1. The number of carbonyl (C=O) groups is 3. The van der Waals surface area contributed by atoms with Crippen LogP contribution < -0.4 is 10.2 Å². The number of halogens is 1. The molecule has 2 aromatic rings. The Morgan fingerprint density at radius 3 is 2.73 bits per heavy atom. The predicted octanol–water partition coefficient (Wildman–Crippen LogP) is 5.74. The topological polar surface area (TPSA) is 69.7 Å². The first-order chi connectivity index (χ1) is 15.5. The van der Waals surface area contributed by atoms with Gasteiger partial charge in [0.05, 0.1) is 4.91 Å². The summed E-state index contributed by atoms with van der Waals surface area (Å²) >= 11 is 6.79. The molecule has 172 valence electrons. The molecule has 0 saturated carbocycles. The van der Waals surface area contributed by atoms with Crippen molar-refractivity contribution in [3.8, 4) is 0 Å². The van der Waals surface area contributed by atoms with Crippen LogP contribution in [0.3, 0.4) is 0 Å². The molecule has 0 aliphatic carbocycles. The van der Waals surface area contributed by atoms with Gasteiger partial charge in [0.1, 0.15) is 6.54 Å². The van der Waals surface area contributed by atoms with Crippen molar-refractivity contribution in [3.63, 3.8) is 0 Å². The molecule has 1 N–H and O–H groups in total. The largest absolute Gasteiger partial charge is 0.369 e. The van der Waals surface area contributed by atoms with Gasteiger partial charge < -0.3 is 10.2 Å². The zero-order valence-electron chi connectivity index (χ0n) is 19.0. The lowest BCUT2D eigenvalue weighted by molar-refractivity contribution is -0.127. The summed E-state index contributed by atoms with van der Waals surface area (Å²) in [4.78, 5) is 41.3. The number of amides is 3. The Hall–Kier alpha value is -2.77. The highest BCUT2D eigenvalue weighted by molar-refractivity contribution is 8.18. The lowest BCUT2D eigenvalue weighted by Crippen LogP contribution is -2.45. The van der Waals surface area contributed by atoms with Crippen LogP contribution in [0.15, 0.2) is 47.4 Å². The van der Waals surface area contributed by atoms with Crippen molar-refractivity contribution >= 4 is 57.9 Å². The van der Waals surface area contributed by atoms with Crippen LogP contribution in [0, 0.1) is 0 Å². The molecule has 8 heteroatoms. The molecule has 2 aliphatic rings. The summed E-state index contributed by atoms with van der Waals surface area (Å²) in [7, 11) is 2.10. The molecular formula is C25H26ClN3O3S. The molecule has 1 fully saturated rings. The number of carbonyl (C=O) groups excluding carboxylic acids is 3. The van der Waals surface area contributed by atoms with Gasteiger partial charge in [0.25, 0.3) is 11.1 Å². The highest BCUT2D eigenvalue weighted by atomic mass is 35.5. The third-order valence-corrected chi connectivity index (χ3v) is 7.38. The van der Waals surface area contributed by atoms with Crippen LogP contribution in [0.5, 0.6) is 0 Å². The summed E-state index contributed by atoms with van der Waals surface area (Å²) in [6, 6.07) is 12.8. The number of benzene rings is 2. The number of thioether (sulfide) groups is 1. The number of rotatable bonds is 4. The molecule has 6 nitrogen and oxygen atoms in total.